The van der Waals surface area contributed by atoms with Gasteiger partial charge in [-0.25, -0.2) is 18.4 Å². The number of rotatable bonds is 3. The third-order valence-corrected chi connectivity index (χ3v) is 6.38. The summed E-state index contributed by atoms with van der Waals surface area (Å²) in [5.41, 5.74) is 3.33. The first-order valence-electron chi connectivity index (χ1n) is 9.12. The first-order chi connectivity index (χ1) is 12.5. The molecular formula is C19H24N4O2S. The highest BCUT2D eigenvalue weighted by molar-refractivity contribution is 7.90. The average molecular weight is 372 g/mol. The first-order valence-corrected chi connectivity index (χ1v) is 11.0. The molecule has 2 aromatic rings. The van der Waals surface area contributed by atoms with Crippen LogP contribution in [0, 0.1) is 0 Å². The number of hydrogen-bond donors (Lipinski definition) is 1. The quantitative estimate of drug-likeness (QED) is 0.887. The van der Waals surface area contributed by atoms with Crippen molar-refractivity contribution in [3.05, 3.63) is 47.3 Å². The molecule has 1 fully saturated rings. The lowest BCUT2D eigenvalue weighted by atomic mass is 9.96. The Balaban J connectivity index is 1.69. The van der Waals surface area contributed by atoms with Crippen molar-refractivity contribution in [3.8, 4) is 0 Å². The second-order valence-electron chi connectivity index (χ2n) is 7.18. The van der Waals surface area contributed by atoms with Gasteiger partial charge in [0.1, 0.15) is 4.90 Å². The zero-order chi connectivity index (χ0) is 18.1. The number of aromatic nitrogens is 2. The largest absolute Gasteiger partial charge is 0.336 e. The van der Waals surface area contributed by atoms with Crippen LogP contribution in [0.1, 0.15) is 35.6 Å². The second-order valence-corrected chi connectivity index (χ2v) is 9.16. The Kier molecular flexibility index (Phi) is 4.67. The number of sulfone groups is 1. The highest BCUT2D eigenvalue weighted by atomic mass is 32.2. The topological polar surface area (TPSA) is 75.2 Å². The fourth-order valence-electron chi connectivity index (χ4n) is 3.86. The molecule has 1 N–H and O–H groups in total. The molecule has 1 aromatic heterocycles. The highest BCUT2D eigenvalue weighted by Crippen LogP contribution is 2.30. The molecule has 26 heavy (non-hydrogen) atoms. The van der Waals surface area contributed by atoms with Gasteiger partial charge in [0.15, 0.2) is 9.84 Å². The van der Waals surface area contributed by atoms with E-state index >= 15 is 0 Å². The van der Waals surface area contributed by atoms with E-state index in [0.29, 0.717) is 11.6 Å². The number of nitrogens with zero attached hydrogens (tertiary/aromatic N) is 3. The van der Waals surface area contributed by atoms with Crippen LogP contribution >= 0.6 is 0 Å². The number of anilines is 1. The summed E-state index contributed by atoms with van der Waals surface area (Å²) in [5.74, 6) is 0.750. The number of benzene rings is 1. The van der Waals surface area contributed by atoms with E-state index in [1.54, 1.807) is 0 Å². The van der Waals surface area contributed by atoms with Crippen LogP contribution in [0.15, 0.2) is 35.4 Å². The van der Waals surface area contributed by atoms with Gasteiger partial charge >= 0.3 is 0 Å². The molecule has 3 heterocycles. The molecule has 7 heteroatoms. The molecule has 0 spiro atoms. The molecule has 138 valence electrons. The molecule has 1 aromatic carbocycles. The summed E-state index contributed by atoms with van der Waals surface area (Å²) in [4.78, 5) is 11.6. The Morgan fingerprint density at radius 2 is 2.04 bits per heavy atom. The number of piperidine rings is 1. The van der Waals surface area contributed by atoms with E-state index in [1.807, 2.05) is 0 Å². The van der Waals surface area contributed by atoms with Crippen LogP contribution in [0.25, 0.3) is 0 Å². The standard InChI is InChI=1S/C19H24N4O2S/c1-26(24,25)17-12-21-19(22-18(17)15-7-4-9-20-11-15)23-10-8-14-5-2-3-6-16(14)13-23/h2-3,5-6,12,15,20H,4,7-11,13H2,1H3/t15-/m1/s1. The molecule has 1 saturated heterocycles. The molecule has 1 atom stereocenters. The summed E-state index contributed by atoms with van der Waals surface area (Å²) in [7, 11) is -3.35. The van der Waals surface area contributed by atoms with Gasteiger partial charge < -0.3 is 10.2 Å². The van der Waals surface area contributed by atoms with E-state index in [-0.39, 0.29) is 10.8 Å². The Hall–Kier alpha value is -1.99. The first kappa shape index (κ1) is 17.4. The van der Waals surface area contributed by atoms with E-state index in [2.05, 4.69) is 39.5 Å². The Morgan fingerprint density at radius 3 is 2.77 bits per heavy atom. The van der Waals surface area contributed by atoms with Gasteiger partial charge in [0.2, 0.25) is 5.95 Å². The maximum absolute atomic E-state index is 12.2. The van der Waals surface area contributed by atoms with Gasteiger partial charge in [0.05, 0.1) is 11.9 Å². The van der Waals surface area contributed by atoms with Crippen LogP contribution in [0.4, 0.5) is 5.95 Å². The molecule has 4 rings (SSSR count). The monoisotopic (exact) mass is 372 g/mol. The van der Waals surface area contributed by atoms with Crippen LogP contribution in [0.2, 0.25) is 0 Å². The number of hydrogen-bond acceptors (Lipinski definition) is 6. The van der Waals surface area contributed by atoms with Crippen LogP contribution < -0.4 is 10.2 Å². The third-order valence-electron chi connectivity index (χ3n) is 5.27. The minimum atomic E-state index is -3.35. The maximum Gasteiger partial charge on any atom is 0.225 e. The van der Waals surface area contributed by atoms with E-state index < -0.39 is 9.84 Å². The maximum atomic E-state index is 12.2. The number of nitrogens with one attached hydrogen (secondary N) is 1. The van der Waals surface area contributed by atoms with Gasteiger partial charge in [-0.3, -0.25) is 0 Å². The molecular weight excluding hydrogens is 348 g/mol. The van der Waals surface area contributed by atoms with Crippen molar-refractivity contribution in [2.45, 2.75) is 36.6 Å². The summed E-state index contributed by atoms with van der Waals surface area (Å²) < 4.78 is 24.5. The predicted molar refractivity (Wildman–Crippen MR) is 101 cm³/mol. The summed E-state index contributed by atoms with van der Waals surface area (Å²) in [5, 5.41) is 3.36. The van der Waals surface area contributed by atoms with Gasteiger partial charge in [-0.15, -0.1) is 0 Å². The van der Waals surface area contributed by atoms with Crippen molar-refractivity contribution < 1.29 is 8.42 Å². The fraction of sp³-hybridized carbons (Fsp3) is 0.474. The summed E-state index contributed by atoms with van der Waals surface area (Å²) >= 11 is 0. The molecule has 2 aliphatic rings. The van der Waals surface area contributed by atoms with Crippen LogP contribution in [0.5, 0.6) is 0 Å². The molecule has 0 amide bonds. The van der Waals surface area contributed by atoms with Crippen LogP contribution in [-0.4, -0.2) is 44.3 Å². The highest BCUT2D eigenvalue weighted by Gasteiger charge is 2.27. The van der Waals surface area contributed by atoms with Crippen LogP contribution in [0.3, 0.4) is 0 Å². The van der Waals surface area contributed by atoms with Gasteiger partial charge in [-0.2, -0.15) is 0 Å². The van der Waals surface area contributed by atoms with Crippen molar-refractivity contribution >= 4 is 15.8 Å². The lowest BCUT2D eigenvalue weighted by Crippen LogP contribution is -2.33. The van der Waals surface area contributed by atoms with Gasteiger partial charge in [0, 0.05) is 31.8 Å². The Labute approximate surface area is 154 Å². The SMILES string of the molecule is CS(=O)(=O)c1cnc(N2CCc3ccccc3C2)nc1[C@@H]1CCCNC1. The smallest absolute Gasteiger partial charge is 0.225 e. The fourth-order valence-corrected chi connectivity index (χ4v) is 4.69. The molecule has 0 unspecified atom stereocenters. The number of fused-ring (bicyclic) bond motifs is 1. The molecule has 0 bridgehead atoms. The van der Waals surface area contributed by atoms with Crippen molar-refractivity contribution in [1.82, 2.24) is 15.3 Å². The minimum Gasteiger partial charge on any atom is -0.336 e. The molecule has 0 radical (unpaired) electrons. The second kappa shape index (κ2) is 6.96. The van der Waals surface area contributed by atoms with E-state index in [1.165, 1.54) is 23.6 Å². The molecule has 0 aliphatic carbocycles. The van der Waals surface area contributed by atoms with Crippen molar-refractivity contribution in [2.24, 2.45) is 0 Å². The lowest BCUT2D eigenvalue weighted by Gasteiger charge is -2.30. The normalized spacial score (nSPS) is 20.7. The average Bonchev–Trinajstić information content (AvgIpc) is 2.67. The van der Waals surface area contributed by atoms with Crippen LogP contribution in [-0.2, 0) is 22.8 Å². The van der Waals surface area contributed by atoms with Gasteiger partial charge in [-0.05, 0) is 36.9 Å². The molecule has 6 nitrogen and oxygen atoms in total. The zero-order valence-electron chi connectivity index (χ0n) is 15.0. The van der Waals surface area contributed by atoms with Crippen molar-refractivity contribution in [1.29, 1.82) is 0 Å². The molecule has 0 saturated carbocycles. The van der Waals surface area contributed by atoms with Crippen molar-refractivity contribution in [3.63, 3.8) is 0 Å². The summed E-state index contributed by atoms with van der Waals surface area (Å²) in [6, 6.07) is 8.42. The third kappa shape index (κ3) is 3.46. The Bertz CT molecular complexity index is 908. The Morgan fingerprint density at radius 1 is 1.23 bits per heavy atom. The van der Waals surface area contributed by atoms with Gasteiger partial charge in [-0.1, -0.05) is 24.3 Å². The zero-order valence-corrected chi connectivity index (χ0v) is 15.8. The van der Waals surface area contributed by atoms with Gasteiger partial charge in [0.25, 0.3) is 0 Å². The van der Waals surface area contributed by atoms with E-state index in [4.69, 9.17) is 4.98 Å². The molecule has 2 aliphatic heterocycles. The van der Waals surface area contributed by atoms with E-state index in [9.17, 15) is 8.42 Å². The predicted octanol–water partition coefficient (Wildman–Crippen LogP) is 1.91. The summed E-state index contributed by atoms with van der Waals surface area (Å²) in [6.45, 7) is 3.35. The lowest BCUT2D eigenvalue weighted by molar-refractivity contribution is 0.447. The summed E-state index contributed by atoms with van der Waals surface area (Å²) in [6.07, 6.45) is 5.68. The minimum absolute atomic E-state index is 0.118. The van der Waals surface area contributed by atoms with Crippen molar-refractivity contribution in [2.75, 3.05) is 30.8 Å². The van der Waals surface area contributed by atoms with E-state index in [0.717, 1.165) is 45.4 Å².